The number of nitrogens with zero attached hydrogens (tertiary/aromatic N) is 1. The summed E-state index contributed by atoms with van der Waals surface area (Å²) in [5.41, 5.74) is 0.254. The number of benzene rings is 1. The Morgan fingerprint density at radius 3 is 2.56 bits per heavy atom. The molecule has 0 aliphatic rings. The summed E-state index contributed by atoms with van der Waals surface area (Å²) in [4.78, 5) is 23.6. The monoisotopic (exact) mass is 364 g/mol. The average molecular weight is 364 g/mol. The predicted octanol–water partition coefficient (Wildman–Crippen LogP) is 3.37. The van der Waals surface area contributed by atoms with Gasteiger partial charge < -0.3 is 19.9 Å². The molecule has 1 amide bonds. The van der Waals surface area contributed by atoms with Crippen LogP contribution in [0.2, 0.25) is 0 Å². The van der Waals surface area contributed by atoms with Crippen LogP contribution in [0.1, 0.15) is 37.3 Å². The third-order valence-corrected chi connectivity index (χ3v) is 3.76. The average Bonchev–Trinajstić information content (AvgIpc) is 2.98. The van der Waals surface area contributed by atoms with Crippen LogP contribution >= 0.6 is 11.5 Å². The van der Waals surface area contributed by atoms with E-state index in [1.165, 1.54) is 6.07 Å². The third kappa shape index (κ3) is 6.07. The van der Waals surface area contributed by atoms with Crippen LogP contribution in [0.25, 0.3) is 0 Å². The molecule has 0 radical (unpaired) electrons. The molecule has 2 rings (SSSR count). The lowest BCUT2D eigenvalue weighted by atomic mass is 10.2. The number of ether oxygens (including phenoxy) is 2. The number of rotatable bonds is 6. The first-order valence-electron chi connectivity index (χ1n) is 7.60. The second-order valence-electron chi connectivity index (χ2n) is 6.26. The zero-order chi connectivity index (χ0) is 18.4. The van der Waals surface area contributed by atoms with E-state index in [-0.39, 0.29) is 0 Å². The molecular formula is C17H20N2O5S. The van der Waals surface area contributed by atoms with Crippen molar-refractivity contribution in [1.29, 1.82) is 0 Å². The number of aliphatic carboxylic acids is 1. The van der Waals surface area contributed by atoms with E-state index in [1.807, 2.05) is 30.3 Å². The van der Waals surface area contributed by atoms with Gasteiger partial charge in [-0.15, -0.1) is 0 Å². The van der Waals surface area contributed by atoms with Crippen molar-refractivity contribution in [3.05, 3.63) is 46.8 Å². The van der Waals surface area contributed by atoms with Crippen molar-refractivity contribution in [1.82, 2.24) is 9.69 Å². The molecule has 2 aromatic rings. The van der Waals surface area contributed by atoms with Crippen LogP contribution < -0.4 is 10.1 Å². The van der Waals surface area contributed by atoms with Gasteiger partial charge in [0.25, 0.3) is 0 Å². The molecule has 0 saturated carbocycles. The molecule has 1 heterocycles. The number of aromatic nitrogens is 1. The predicted molar refractivity (Wildman–Crippen MR) is 92.6 cm³/mol. The van der Waals surface area contributed by atoms with Crippen molar-refractivity contribution in [2.24, 2.45) is 0 Å². The maximum absolute atomic E-state index is 11.8. The van der Waals surface area contributed by atoms with Gasteiger partial charge in [0, 0.05) is 6.07 Å². The van der Waals surface area contributed by atoms with Gasteiger partial charge in [0.05, 0.1) is 4.88 Å². The molecule has 0 spiro atoms. The van der Waals surface area contributed by atoms with Gasteiger partial charge in [-0.05, 0) is 37.9 Å². The Kier molecular flexibility index (Phi) is 5.97. The van der Waals surface area contributed by atoms with E-state index in [0.717, 1.165) is 17.1 Å². The van der Waals surface area contributed by atoms with Crippen LogP contribution in [-0.4, -0.2) is 27.1 Å². The number of carbonyl (C=O) groups is 2. The molecule has 8 heteroatoms. The largest absolute Gasteiger partial charge is 0.479 e. The van der Waals surface area contributed by atoms with Crippen LogP contribution in [0.3, 0.4) is 0 Å². The number of hydrogen-bond donors (Lipinski definition) is 2. The number of nitrogens with one attached hydrogen (secondary N) is 1. The summed E-state index contributed by atoms with van der Waals surface area (Å²) in [6.45, 7) is 5.42. The SMILES string of the molecule is CC(C)(C)OC(=O)NC(C(=O)O)c1cc(OCc2ccccc2)ns1. The molecule has 25 heavy (non-hydrogen) atoms. The summed E-state index contributed by atoms with van der Waals surface area (Å²) in [6, 6.07) is 9.79. The summed E-state index contributed by atoms with van der Waals surface area (Å²) < 4.78 is 14.7. The smallest absolute Gasteiger partial charge is 0.408 e. The molecule has 0 saturated heterocycles. The van der Waals surface area contributed by atoms with Gasteiger partial charge in [-0.25, -0.2) is 9.59 Å². The molecule has 1 atom stereocenters. The molecule has 1 aromatic carbocycles. The lowest BCUT2D eigenvalue weighted by Gasteiger charge is -2.21. The zero-order valence-corrected chi connectivity index (χ0v) is 15.0. The quantitative estimate of drug-likeness (QED) is 0.815. The lowest BCUT2D eigenvalue weighted by molar-refractivity contribution is -0.139. The van der Waals surface area contributed by atoms with Gasteiger partial charge in [0.1, 0.15) is 12.2 Å². The molecule has 0 bridgehead atoms. The van der Waals surface area contributed by atoms with Gasteiger partial charge in [-0.2, -0.15) is 4.37 Å². The number of amides is 1. The fourth-order valence-electron chi connectivity index (χ4n) is 1.89. The van der Waals surface area contributed by atoms with E-state index in [9.17, 15) is 14.7 Å². The van der Waals surface area contributed by atoms with Crippen molar-refractivity contribution in [2.75, 3.05) is 0 Å². The Morgan fingerprint density at radius 1 is 1.28 bits per heavy atom. The highest BCUT2D eigenvalue weighted by Crippen LogP contribution is 2.25. The van der Waals surface area contributed by atoms with Gasteiger partial charge >= 0.3 is 12.1 Å². The summed E-state index contributed by atoms with van der Waals surface area (Å²) in [6.07, 6.45) is -0.806. The van der Waals surface area contributed by atoms with E-state index in [1.54, 1.807) is 20.8 Å². The van der Waals surface area contributed by atoms with E-state index in [4.69, 9.17) is 9.47 Å². The van der Waals surface area contributed by atoms with Crippen LogP contribution in [-0.2, 0) is 16.1 Å². The molecule has 1 aromatic heterocycles. The zero-order valence-electron chi connectivity index (χ0n) is 14.2. The number of alkyl carbamates (subject to hydrolysis) is 1. The fourth-order valence-corrected chi connectivity index (χ4v) is 2.61. The standard InChI is InChI=1S/C17H20N2O5S/c1-17(2,3)24-16(22)18-14(15(20)21)12-9-13(19-25-12)23-10-11-7-5-4-6-8-11/h4-9,14H,10H2,1-3H3,(H,18,22)(H,20,21). The molecule has 7 nitrogen and oxygen atoms in total. The second-order valence-corrected chi connectivity index (χ2v) is 7.10. The lowest BCUT2D eigenvalue weighted by Crippen LogP contribution is -2.37. The summed E-state index contributed by atoms with van der Waals surface area (Å²) in [5, 5.41) is 11.7. The number of carboxylic acids is 1. The first kappa shape index (κ1) is 18.7. The van der Waals surface area contributed by atoms with Crippen LogP contribution in [0.4, 0.5) is 4.79 Å². The molecule has 1 unspecified atom stereocenters. The summed E-state index contributed by atoms with van der Waals surface area (Å²) in [5.74, 6) is -0.898. The first-order valence-corrected chi connectivity index (χ1v) is 8.37. The minimum absolute atomic E-state index is 0.307. The molecule has 2 N–H and O–H groups in total. The van der Waals surface area contributed by atoms with Gasteiger partial charge in [0.2, 0.25) is 5.88 Å². The molecule has 0 fully saturated rings. The molecule has 134 valence electrons. The van der Waals surface area contributed by atoms with E-state index in [2.05, 4.69) is 9.69 Å². The topological polar surface area (TPSA) is 97.8 Å². The first-order chi connectivity index (χ1) is 11.7. The minimum Gasteiger partial charge on any atom is -0.479 e. The van der Waals surface area contributed by atoms with Crippen molar-refractivity contribution >= 4 is 23.6 Å². The highest BCUT2D eigenvalue weighted by Gasteiger charge is 2.27. The Balaban J connectivity index is 2.01. The Morgan fingerprint density at radius 2 is 1.96 bits per heavy atom. The third-order valence-electron chi connectivity index (χ3n) is 2.93. The van der Waals surface area contributed by atoms with Gasteiger partial charge in [-0.3, -0.25) is 0 Å². The second kappa shape index (κ2) is 7.98. The maximum atomic E-state index is 11.8. The van der Waals surface area contributed by atoms with Gasteiger partial charge in [-0.1, -0.05) is 30.3 Å². The Bertz CT molecular complexity index is 724. The normalized spacial score (nSPS) is 12.3. The highest BCUT2D eigenvalue weighted by molar-refractivity contribution is 7.06. The summed E-state index contributed by atoms with van der Waals surface area (Å²) >= 11 is 0.955. The number of hydrogen-bond acceptors (Lipinski definition) is 6. The van der Waals surface area contributed by atoms with Crippen LogP contribution in [0, 0.1) is 0 Å². The molecule has 0 aliphatic carbocycles. The molecule has 0 aliphatic heterocycles. The van der Waals surface area contributed by atoms with E-state index < -0.39 is 23.7 Å². The number of carbonyl (C=O) groups excluding carboxylic acids is 1. The number of carboxylic acid groups (broad SMARTS) is 1. The maximum Gasteiger partial charge on any atom is 0.408 e. The van der Waals surface area contributed by atoms with Crippen LogP contribution in [0.15, 0.2) is 36.4 Å². The van der Waals surface area contributed by atoms with Crippen molar-refractivity contribution in [3.63, 3.8) is 0 Å². The Labute approximate surface area is 149 Å². The van der Waals surface area contributed by atoms with Crippen molar-refractivity contribution in [2.45, 2.75) is 39.0 Å². The van der Waals surface area contributed by atoms with E-state index >= 15 is 0 Å². The molecular weight excluding hydrogens is 344 g/mol. The summed E-state index contributed by atoms with van der Waals surface area (Å²) in [7, 11) is 0. The van der Waals surface area contributed by atoms with Crippen molar-refractivity contribution < 1.29 is 24.2 Å². The highest BCUT2D eigenvalue weighted by atomic mass is 32.1. The Hall–Kier alpha value is -2.61. The minimum atomic E-state index is -1.25. The van der Waals surface area contributed by atoms with Gasteiger partial charge in [0.15, 0.2) is 6.04 Å². The van der Waals surface area contributed by atoms with E-state index in [0.29, 0.717) is 17.4 Å². The van der Waals surface area contributed by atoms with Crippen molar-refractivity contribution in [3.8, 4) is 5.88 Å². The van der Waals surface area contributed by atoms with Crippen LogP contribution in [0.5, 0.6) is 5.88 Å². The fraction of sp³-hybridized carbons (Fsp3) is 0.353.